The zero-order valence-corrected chi connectivity index (χ0v) is 29.5. The molecule has 0 bridgehead atoms. The molecule has 0 atom stereocenters. The van der Waals surface area contributed by atoms with Crippen LogP contribution in [-0.4, -0.2) is 4.98 Å². The fourth-order valence-electron chi connectivity index (χ4n) is 8.40. The Labute approximate surface area is 319 Å². The van der Waals surface area contributed by atoms with Crippen molar-refractivity contribution in [2.24, 2.45) is 0 Å². The number of anilines is 3. The number of benzene rings is 8. The van der Waals surface area contributed by atoms with Gasteiger partial charge in [-0.15, -0.1) is 0 Å². The molecule has 10 aromatic rings. The lowest BCUT2D eigenvalue weighted by molar-refractivity contribution is 0.620. The predicted octanol–water partition coefficient (Wildman–Crippen LogP) is 14.0. The molecule has 11 rings (SSSR count). The number of hydrogen-bond donors (Lipinski definition) is 0. The summed E-state index contributed by atoms with van der Waals surface area (Å²) in [4.78, 5) is 7.12. The second-order valence-corrected chi connectivity index (χ2v) is 14.4. The maximum absolute atomic E-state index is 8.66. The summed E-state index contributed by atoms with van der Waals surface area (Å²) in [5.41, 5.74) is 11.4. The highest BCUT2D eigenvalue weighted by Gasteiger charge is 2.36. The van der Waals surface area contributed by atoms with Gasteiger partial charge in [-0.1, -0.05) is 129 Å². The quantitative estimate of drug-likeness (QED) is 0.179. The SMILES string of the molecule is [2H]c1c([2H])c([2H])c(-c2ccc(N(c3ccc4c(c3)C(C)(C)c3ccccc3-4)c3ccc(-c4nc5ccccc5o4)c4c3oc3ccc5ccccc5c34)cc2)c([2H])c1[2H]. The largest absolute Gasteiger partial charge is 0.454 e. The third kappa shape index (κ3) is 4.53. The summed E-state index contributed by atoms with van der Waals surface area (Å²) in [5, 5.41) is 3.96. The number of fused-ring (bicyclic) bond motifs is 9. The molecule has 256 valence electrons. The monoisotopic (exact) mass is 699 g/mol. The Morgan fingerprint density at radius 3 is 2.19 bits per heavy atom. The fourth-order valence-corrected chi connectivity index (χ4v) is 8.40. The van der Waals surface area contributed by atoms with Gasteiger partial charge in [0, 0.05) is 33.1 Å². The second-order valence-electron chi connectivity index (χ2n) is 14.4. The van der Waals surface area contributed by atoms with Gasteiger partial charge in [-0.2, -0.15) is 0 Å². The van der Waals surface area contributed by atoms with Crippen LogP contribution in [0.4, 0.5) is 17.1 Å². The van der Waals surface area contributed by atoms with Crippen molar-refractivity contribution in [2.75, 3.05) is 4.90 Å². The molecule has 0 spiro atoms. The van der Waals surface area contributed by atoms with E-state index in [1.165, 1.54) is 22.3 Å². The first-order valence-electron chi connectivity index (χ1n) is 20.5. The highest BCUT2D eigenvalue weighted by Crippen LogP contribution is 2.52. The molecule has 1 aliphatic carbocycles. The van der Waals surface area contributed by atoms with Gasteiger partial charge in [0.1, 0.15) is 11.1 Å². The van der Waals surface area contributed by atoms with Gasteiger partial charge in [0.25, 0.3) is 0 Å². The highest BCUT2D eigenvalue weighted by molar-refractivity contribution is 6.24. The van der Waals surface area contributed by atoms with Crippen molar-refractivity contribution < 1.29 is 15.7 Å². The summed E-state index contributed by atoms with van der Waals surface area (Å²) in [5.74, 6) is 0.491. The van der Waals surface area contributed by atoms with Crippen LogP contribution in [0.25, 0.3) is 77.5 Å². The molecule has 0 aliphatic heterocycles. The van der Waals surface area contributed by atoms with Crippen LogP contribution >= 0.6 is 0 Å². The van der Waals surface area contributed by atoms with Crippen LogP contribution in [0, 0.1) is 0 Å². The maximum atomic E-state index is 8.66. The zero-order valence-electron chi connectivity index (χ0n) is 34.5. The normalized spacial score (nSPS) is 14.4. The molecule has 2 heterocycles. The van der Waals surface area contributed by atoms with Crippen LogP contribution in [0.2, 0.25) is 0 Å². The smallest absolute Gasteiger partial charge is 0.228 e. The molecular formula is C50H34N2O2. The molecule has 0 N–H and O–H groups in total. The van der Waals surface area contributed by atoms with Gasteiger partial charge in [-0.25, -0.2) is 4.98 Å². The van der Waals surface area contributed by atoms with Crippen molar-refractivity contribution >= 4 is 60.9 Å². The average Bonchev–Trinajstić information content (AvgIpc) is 3.94. The Morgan fingerprint density at radius 1 is 0.574 bits per heavy atom. The Balaban J connectivity index is 1.19. The van der Waals surface area contributed by atoms with Gasteiger partial charge in [-0.3, -0.25) is 0 Å². The maximum Gasteiger partial charge on any atom is 0.228 e. The number of para-hydroxylation sites is 2. The van der Waals surface area contributed by atoms with E-state index in [1.807, 2.05) is 72.8 Å². The van der Waals surface area contributed by atoms with Crippen molar-refractivity contribution in [3.05, 3.63) is 181 Å². The molecule has 0 saturated carbocycles. The van der Waals surface area contributed by atoms with E-state index < -0.39 is 6.04 Å². The summed E-state index contributed by atoms with van der Waals surface area (Å²) in [6.07, 6.45) is 0. The molecule has 0 fully saturated rings. The van der Waals surface area contributed by atoms with Crippen LogP contribution < -0.4 is 4.90 Å². The fraction of sp³-hybridized carbons (Fsp3) is 0.0600. The molecule has 4 nitrogen and oxygen atoms in total. The first-order valence-corrected chi connectivity index (χ1v) is 18.0. The lowest BCUT2D eigenvalue weighted by Crippen LogP contribution is -2.16. The molecule has 54 heavy (non-hydrogen) atoms. The summed E-state index contributed by atoms with van der Waals surface area (Å²) in [6.45, 7) is 4.52. The molecular weight excluding hydrogens is 661 g/mol. The van der Waals surface area contributed by atoms with E-state index in [1.54, 1.807) is 0 Å². The van der Waals surface area contributed by atoms with Crippen molar-refractivity contribution in [2.45, 2.75) is 19.3 Å². The van der Waals surface area contributed by atoms with E-state index in [-0.39, 0.29) is 35.1 Å². The standard InChI is InChI=1S/C50H34N2O2/c1-50(2)40-17-9-8-16-37(40)38-26-25-35(30-41(38)50)52(34-23-20-32(21-24-34)31-12-4-3-5-13-31)43-28-27-39(49-51-42-18-10-11-19-44(42)54-49)47-46-36-15-7-6-14-33(36)22-29-45(46)53-48(43)47/h3-30H,1-2H3/i3D,4D,5D,12D,13D. The van der Waals surface area contributed by atoms with Gasteiger partial charge in [0.2, 0.25) is 5.89 Å². The lowest BCUT2D eigenvalue weighted by atomic mass is 9.82. The Kier molecular flexibility index (Phi) is 5.55. The molecule has 0 radical (unpaired) electrons. The number of nitrogens with zero attached hydrogens (tertiary/aromatic N) is 2. The third-order valence-corrected chi connectivity index (χ3v) is 11.0. The highest BCUT2D eigenvalue weighted by atomic mass is 16.3. The van der Waals surface area contributed by atoms with Crippen molar-refractivity contribution in [1.82, 2.24) is 4.98 Å². The first kappa shape index (κ1) is 25.9. The van der Waals surface area contributed by atoms with Gasteiger partial charge < -0.3 is 13.7 Å². The van der Waals surface area contributed by atoms with Crippen LogP contribution in [0.3, 0.4) is 0 Å². The van der Waals surface area contributed by atoms with Crippen molar-refractivity contribution in [3.8, 4) is 33.7 Å². The van der Waals surface area contributed by atoms with Gasteiger partial charge in [0.05, 0.1) is 12.5 Å². The lowest BCUT2D eigenvalue weighted by Gasteiger charge is -2.28. The minimum absolute atomic E-state index is 0.153. The molecule has 8 aromatic carbocycles. The number of oxazole rings is 1. The Hall–Kier alpha value is -6.91. The molecule has 0 amide bonds. The van der Waals surface area contributed by atoms with Crippen LogP contribution in [0.1, 0.15) is 31.8 Å². The molecule has 2 aromatic heterocycles. The minimum atomic E-state index is -0.419. The van der Waals surface area contributed by atoms with Crippen LogP contribution in [-0.2, 0) is 5.41 Å². The van der Waals surface area contributed by atoms with Crippen molar-refractivity contribution in [1.29, 1.82) is 0 Å². The molecule has 1 aliphatic rings. The first-order chi connectivity index (χ1) is 28.6. The average molecular weight is 700 g/mol. The van der Waals surface area contributed by atoms with E-state index in [0.29, 0.717) is 22.6 Å². The number of furan rings is 1. The number of rotatable bonds is 5. The van der Waals surface area contributed by atoms with E-state index in [0.717, 1.165) is 55.3 Å². The van der Waals surface area contributed by atoms with E-state index in [2.05, 4.69) is 85.5 Å². The van der Waals surface area contributed by atoms with Crippen LogP contribution in [0.5, 0.6) is 0 Å². The Bertz CT molecular complexity index is 3320. The molecule has 0 saturated heterocycles. The Morgan fingerprint density at radius 2 is 1.31 bits per heavy atom. The third-order valence-electron chi connectivity index (χ3n) is 11.0. The second kappa shape index (κ2) is 11.5. The summed E-state index contributed by atoms with van der Waals surface area (Å²) in [6, 6.07) is 45.3. The molecule has 0 unspecified atom stereocenters. The summed E-state index contributed by atoms with van der Waals surface area (Å²) >= 11 is 0. The van der Waals surface area contributed by atoms with Crippen molar-refractivity contribution in [3.63, 3.8) is 0 Å². The summed E-state index contributed by atoms with van der Waals surface area (Å²) in [7, 11) is 0. The van der Waals surface area contributed by atoms with Crippen LogP contribution in [0.15, 0.2) is 179 Å². The van der Waals surface area contributed by atoms with Gasteiger partial charge >= 0.3 is 0 Å². The number of hydrogen-bond acceptors (Lipinski definition) is 4. The van der Waals surface area contributed by atoms with Gasteiger partial charge in [0.15, 0.2) is 11.2 Å². The van der Waals surface area contributed by atoms with Gasteiger partial charge in [-0.05, 0) is 98.8 Å². The van der Waals surface area contributed by atoms with E-state index >= 15 is 0 Å². The zero-order chi connectivity index (χ0) is 40.3. The van der Waals surface area contributed by atoms with E-state index in [9.17, 15) is 0 Å². The number of aromatic nitrogens is 1. The topological polar surface area (TPSA) is 42.4 Å². The summed E-state index contributed by atoms with van der Waals surface area (Å²) < 4.78 is 55.5. The molecule has 4 heteroatoms. The predicted molar refractivity (Wildman–Crippen MR) is 222 cm³/mol. The van der Waals surface area contributed by atoms with E-state index in [4.69, 9.17) is 20.7 Å². The minimum Gasteiger partial charge on any atom is -0.454 e.